The summed E-state index contributed by atoms with van der Waals surface area (Å²) in [6.07, 6.45) is 1.69. The Bertz CT molecular complexity index is 1160. The molecule has 0 spiro atoms. The molecule has 0 aliphatic carbocycles. The molecule has 4 aromatic rings. The number of nitrogens with two attached hydrogens (primary N) is 1. The second-order valence-corrected chi connectivity index (χ2v) is 7.52. The molecule has 3 aromatic carbocycles. The van der Waals surface area contributed by atoms with Crippen molar-refractivity contribution in [3.8, 4) is 16.9 Å². The van der Waals surface area contributed by atoms with Crippen molar-refractivity contribution in [3.05, 3.63) is 87.5 Å². The molecule has 2 N–H and O–H groups in total. The van der Waals surface area contributed by atoms with Crippen LogP contribution in [0.4, 0.5) is 5.69 Å². The first kappa shape index (κ1) is 18.9. The van der Waals surface area contributed by atoms with Crippen LogP contribution in [0.5, 0.6) is 5.75 Å². The molecule has 1 heterocycles. The quantitative estimate of drug-likeness (QED) is 0.354. The van der Waals surface area contributed by atoms with E-state index in [2.05, 4.69) is 4.98 Å². The highest BCUT2D eigenvalue weighted by molar-refractivity contribution is 6.44. The standard InChI is InChI=1S/C22H15Cl3N2O/c23-15-9-17(24)21-19(10-15)27-11-16(22(21)25)14-6-7-20(18(26)8-14)28-12-13-4-2-1-3-5-13/h1-11H,12,26H2. The van der Waals surface area contributed by atoms with Crippen LogP contribution in [0.2, 0.25) is 15.1 Å². The van der Waals surface area contributed by atoms with Gasteiger partial charge in [0.25, 0.3) is 0 Å². The van der Waals surface area contributed by atoms with Crippen LogP contribution in [-0.4, -0.2) is 4.98 Å². The first-order valence-corrected chi connectivity index (χ1v) is 9.66. The average Bonchev–Trinajstić information content (AvgIpc) is 2.67. The molecule has 0 unspecified atom stereocenters. The maximum absolute atomic E-state index is 6.63. The number of nitrogens with zero attached hydrogens (tertiary/aromatic N) is 1. The highest BCUT2D eigenvalue weighted by Crippen LogP contribution is 2.39. The summed E-state index contributed by atoms with van der Waals surface area (Å²) in [5, 5.41) is 2.13. The Hall–Kier alpha value is -2.46. The normalized spacial score (nSPS) is 11.0. The van der Waals surface area contributed by atoms with E-state index in [0.29, 0.717) is 44.0 Å². The largest absolute Gasteiger partial charge is 0.487 e. The van der Waals surface area contributed by atoms with Gasteiger partial charge in [0.1, 0.15) is 12.4 Å². The topological polar surface area (TPSA) is 48.1 Å². The molecule has 0 saturated heterocycles. The smallest absolute Gasteiger partial charge is 0.142 e. The van der Waals surface area contributed by atoms with Crippen LogP contribution < -0.4 is 10.5 Å². The van der Waals surface area contributed by atoms with Crippen LogP contribution in [-0.2, 0) is 6.61 Å². The lowest BCUT2D eigenvalue weighted by atomic mass is 10.0. The molecule has 140 valence electrons. The van der Waals surface area contributed by atoms with Gasteiger partial charge in [0.15, 0.2) is 0 Å². The zero-order valence-corrected chi connectivity index (χ0v) is 16.9. The molecule has 1 aromatic heterocycles. The van der Waals surface area contributed by atoms with Crippen LogP contribution in [0, 0.1) is 0 Å². The molecule has 0 atom stereocenters. The van der Waals surface area contributed by atoms with Gasteiger partial charge in [-0.25, -0.2) is 0 Å². The Morgan fingerprint density at radius 2 is 1.71 bits per heavy atom. The van der Waals surface area contributed by atoms with Gasteiger partial charge in [-0.3, -0.25) is 4.98 Å². The minimum atomic E-state index is 0.443. The highest BCUT2D eigenvalue weighted by atomic mass is 35.5. The van der Waals surface area contributed by atoms with E-state index in [1.807, 2.05) is 48.5 Å². The summed E-state index contributed by atoms with van der Waals surface area (Å²) >= 11 is 19.0. The summed E-state index contributed by atoms with van der Waals surface area (Å²) in [6.45, 7) is 0.443. The first-order chi connectivity index (χ1) is 13.5. The zero-order valence-electron chi connectivity index (χ0n) is 14.6. The molecular formula is C22H15Cl3N2O. The van der Waals surface area contributed by atoms with Gasteiger partial charge < -0.3 is 10.5 Å². The number of aromatic nitrogens is 1. The number of hydrogen-bond acceptors (Lipinski definition) is 3. The van der Waals surface area contributed by atoms with Gasteiger partial charge in [0, 0.05) is 22.2 Å². The number of nitrogen functional groups attached to an aromatic ring is 1. The summed E-state index contributed by atoms with van der Waals surface area (Å²) in [7, 11) is 0. The fraction of sp³-hybridized carbons (Fsp3) is 0.0455. The summed E-state index contributed by atoms with van der Waals surface area (Å²) in [6, 6.07) is 18.8. The van der Waals surface area contributed by atoms with E-state index in [4.69, 9.17) is 45.3 Å². The molecular weight excluding hydrogens is 415 g/mol. The fourth-order valence-electron chi connectivity index (χ4n) is 2.99. The first-order valence-electron chi connectivity index (χ1n) is 8.53. The maximum Gasteiger partial charge on any atom is 0.142 e. The van der Waals surface area contributed by atoms with Crippen molar-refractivity contribution in [1.82, 2.24) is 4.98 Å². The van der Waals surface area contributed by atoms with E-state index in [-0.39, 0.29) is 0 Å². The summed E-state index contributed by atoms with van der Waals surface area (Å²) in [4.78, 5) is 4.44. The molecule has 0 radical (unpaired) electrons. The molecule has 0 aliphatic rings. The van der Waals surface area contributed by atoms with Gasteiger partial charge in [-0.2, -0.15) is 0 Å². The van der Waals surface area contributed by atoms with Gasteiger partial charge in [-0.15, -0.1) is 0 Å². The van der Waals surface area contributed by atoms with E-state index in [9.17, 15) is 0 Å². The van der Waals surface area contributed by atoms with Crippen molar-refractivity contribution in [2.24, 2.45) is 0 Å². The predicted molar refractivity (Wildman–Crippen MR) is 117 cm³/mol. The molecule has 0 bridgehead atoms. The SMILES string of the molecule is Nc1cc(-c2cnc3cc(Cl)cc(Cl)c3c2Cl)ccc1OCc1ccccc1. The lowest BCUT2D eigenvalue weighted by molar-refractivity contribution is 0.308. The number of hydrogen-bond donors (Lipinski definition) is 1. The summed E-state index contributed by atoms with van der Waals surface area (Å²) < 4.78 is 5.84. The van der Waals surface area contributed by atoms with Gasteiger partial charge >= 0.3 is 0 Å². The Labute approximate surface area is 177 Å². The predicted octanol–water partition coefficient (Wildman–Crippen LogP) is 7.02. The molecule has 3 nitrogen and oxygen atoms in total. The van der Waals surface area contributed by atoms with Crippen molar-refractivity contribution >= 4 is 51.4 Å². The van der Waals surface area contributed by atoms with Crippen LogP contribution >= 0.6 is 34.8 Å². The van der Waals surface area contributed by atoms with Gasteiger partial charge in [-0.1, -0.05) is 71.2 Å². The molecule has 28 heavy (non-hydrogen) atoms. The number of rotatable bonds is 4. The van der Waals surface area contributed by atoms with E-state index in [1.165, 1.54) is 0 Å². The number of benzene rings is 3. The Morgan fingerprint density at radius 3 is 2.46 bits per heavy atom. The number of fused-ring (bicyclic) bond motifs is 1. The van der Waals surface area contributed by atoms with Crippen molar-refractivity contribution in [2.75, 3.05) is 5.73 Å². The van der Waals surface area contributed by atoms with Crippen LogP contribution in [0.25, 0.3) is 22.0 Å². The maximum atomic E-state index is 6.63. The Kier molecular flexibility index (Phi) is 5.31. The number of halogens is 3. The van der Waals surface area contributed by atoms with E-state index < -0.39 is 0 Å². The number of ether oxygens (including phenoxy) is 1. The molecule has 6 heteroatoms. The Balaban J connectivity index is 1.66. The molecule has 0 aliphatic heterocycles. The lowest BCUT2D eigenvalue weighted by Gasteiger charge is -2.13. The number of pyridine rings is 1. The van der Waals surface area contributed by atoms with E-state index in [1.54, 1.807) is 18.3 Å². The van der Waals surface area contributed by atoms with Crippen LogP contribution in [0.15, 0.2) is 66.9 Å². The molecule has 0 saturated carbocycles. The fourth-order valence-corrected chi connectivity index (χ4v) is 3.97. The van der Waals surface area contributed by atoms with Gasteiger partial charge in [-0.05, 0) is 35.4 Å². The van der Waals surface area contributed by atoms with E-state index >= 15 is 0 Å². The van der Waals surface area contributed by atoms with E-state index in [0.717, 1.165) is 16.7 Å². The van der Waals surface area contributed by atoms with Gasteiger partial charge in [0.05, 0.1) is 21.2 Å². The van der Waals surface area contributed by atoms with Gasteiger partial charge in [0.2, 0.25) is 0 Å². The Morgan fingerprint density at radius 1 is 0.929 bits per heavy atom. The summed E-state index contributed by atoms with van der Waals surface area (Å²) in [5.41, 5.74) is 10.00. The third kappa shape index (κ3) is 3.74. The third-order valence-corrected chi connectivity index (χ3v) is 5.29. The molecule has 0 amide bonds. The van der Waals surface area contributed by atoms with Crippen molar-refractivity contribution in [1.29, 1.82) is 0 Å². The molecule has 0 fully saturated rings. The van der Waals surface area contributed by atoms with Crippen molar-refractivity contribution < 1.29 is 4.74 Å². The number of anilines is 1. The average molecular weight is 430 g/mol. The minimum Gasteiger partial charge on any atom is -0.487 e. The van der Waals surface area contributed by atoms with Crippen molar-refractivity contribution in [2.45, 2.75) is 6.61 Å². The summed E-state index contributed by atoms with van der Waals surface area (Å²) in [5.74, 6) is 0.613. The minimum absolute atomic E-state index is 0.443. The zero-order chi connectivity index (χ0) is 19.7. The van der Waals surface area contributed by atoms with Crippen LogP contribution in [0.3, 0.4) is 0 Å². The monoisotopic (exact) mass is 428 g/mol. The lowest BCUT2D eigenvalue weighted by Crippen LogP contribution is -1.99. The van der Waals surface area contributed by atoms with Crippen LogP contribution in [0.1, 0.15) is 5.56 Å². The molecule has 4 rings (SSSR count). The second-order valence-electron chi connectivity index (χ2n) is 6.29. The second kappa shape index (κ2) is 7.88. The van der Waals surface area contributed by atoms with Crippen molar-refractivity contribution in [3.63, 3.8) is 0 Å². The highest BCUT2D eigenvalue weighted by Gasteiger charge is 2.14. The third-order valence-electron chi connectivity index (χ3n) is 4.38.